The number of benzene rings is 2. The van der Waals surface area contributed by atoms with Gasteiger partial charge in [-0.05, 0) is 36.4 Å². The zero-order valence-electron chi connectivity index (χ0n) is 14.9. The molecule has 0 aromatic heterocycles. The largest absolute Gasteiger partial charge is 0.398 e. The molecule has 2 aromatic rings. The third-order valence-corrected chi connectivity index (χ3v) is 5.20. The van der Waals surface area contributed by atoms with Crippen LogP contribution in [-0.2, 0) is 10.0 Å². The zero-order valence-corrected chi connectivity index (χ0v) is 15.8. The summed E-state index contributed by atoms with van der Waals surface area (Å²) in [5.74, 6) is -0.0244. The van der Waals surface area contributed by atoms with Gasteiger partial charge >= 0.3 is 0 Å². The Hall–Kier alpha value is -2.64. The summed E-state index contributed by atoms with van der Waals surface area (Å²) in [6.07, 6.45) is 3.35. The lowest BCUT2D eigenvalue weighted by atomic mass is 10.00. The number of allylic oxidation sites excluding steroid dienone is 1. The summed E-state index contributed by atoms with van der Waals surface area (Å²) in [5.41, 5.74) is 10.4. The number of aliphatic imine (C=N–C) groups is 1. The van der Waals surface area contributed by atoms with Crippen molar-refractivity contribution < 1.29 is 11.3 Å². The second-order valence-corrected chi connectivity index (χ2v) is 7.65. The van der Waals surface area contributed by atoms with Crippen LogP contribution in [0.3, 0.4) is 0 Å². The lowest BCUT2D eigenvalue weighted by Gasteiger charge is -2.14. The molecule has 0 heterocycles. The van der Waals surface area contributed by atoms with Crippen molar-refractivity contribution in [3.63, 3.8) is 0 Å². The summed E-state index contributed by atoms with van der Waals surface area (Å²) in [6, 6.07) is 15.9. The van der Waals surface area contributed by atoms with Gasteiger partial charge in [-0.3, -0.25) is 4.99 Å². The Bertz CT molecular complexity index is 901. The Morgan fingerprint density at radius 2 is 1.92 bits per heavy atom. The number of nitrogens with zero attached hydrogens (tertiary/aromatic N) is 1. The minimum Gasteiger partial charge on any atom is -0.398 e. The fourth-order valence-corrected chi connectivity index (χ4v) is 2.99. The lowest BCUT2D eigenvalue weighted by molar-refractivity contribution is 0.588. The van der Waals surface area contributed by atoms with Crippen molar-refractivity contribution in [1.29, 1.82) is 0 Å². The van der Waals surface area contributed by atoms with Crippen LogP contribution < -0.4 is 15.8 Å². The SMILES string of the molecule is CN=C/C=C(\N)c1cc(-c2ccccc2)ccc1NCCS(=O)(=O)NC.[HH].[HH]. The summed E-state index contributed by atoms with van der Waals surface area (Å²) in [4.78, 5) is 3.93. The van der Waals surface area contributed by atoms with E-state index in [4.69, 9.17) is 5.73 Å². The molecule has 0 fully saturated rings. The quantitative estimate of drug-likeness (QED) is 0.617. The molecule has 7 heteroatoms. The van der Waals surface area contributed by atoms with Gasteiger partial charge in [0.05, 0.1) is 5.75 Å². The second-order valence-electron chi connectivity index (χ2n) is 5.61. The topological polar surface area (TPSA) is 96.6 Å². The van der Waals surface area contributed by atoms with Crippen molar-refractivity contribution in [2.75, 3.05) is 31.7 Å². The molecule has 0 spiro atoms. The van der Waals surface area contributed by atoms with E-state index in [1.807, 2.05) is 48.5 Å². The number of nitrogens with one attached hydrogen (secondary N) is 2. The molecule has 0 bridgehead atoms. The van der Waals surface area contributed by atoms with E-state index in [1.165, 1.54) is 7.05 Å². The molecule has 0 atom stereocenters. The van der Waals surface area contributed by atoms with Crippen molar-refractivity contribution in [1.82, 2.24) is 4.72 Å². The van der Waals surface area contributed by atoms with E-state index in [1.54, 1.807) is 19.3 Å². The van der Waals surface area contributed by atoms with E-state index in [-0.39, 0.29) is 15.2 Å². The highest BCUT2D eigenvalue weighted by Crippen LogP contribution is 2.28. The fourth-order valence-electron chi connectivity index (χ4n) is 2.41. The van der Waals surface area contributed by atoms with Gasteiger partial charge in [0.15, 0.2) is 0 Å². The van der Waals surface area contributed by atoms with Crippen LogP contribution in [0, 0.1) is 0 Å². The first-order valence-corrected chi connectivity index (χ1v) is 9.85. The summed E-state index contributed by atoms with van der Waals surface area (Å²) < 4.78 is 25.5. The molecule has 2 aromatic carbocycles. The van der Waals surface area contributed by atoms with Crippen molar-refractivity contribution in [2.24, 2.45) is 10.7 Å². The van der Waals surface area contributed by atoms with Crippen LogP contribution in [0.2, 0.25) is 0 Å². The molecule has 2 rings (SSSR count). The first kappa shape index (κ1) is 19.7. The number of hydrogen-bond acceptors (Lipinski definition) is 5. The first-order valence-electron chi connectivity index (χ1n) is 8.19. The zero-order chi connectivity index (χ0) is 19.0. The van der Waals surface area contributed by atoms with Crippen molar-refractivity contribution in [3.8, 4) is 11.1 Å². The normalized spacial score (nSPS) is 12.5. The van der Waals surface area contributed by atoms with Gasteiger partial charge in [0.1, 0.15) is 0 Å². The van der Waals surface area contributed by atoms with Crippen molar-refractivity contribution in [3.05, 3.63) is 60.2 Å². The minimum absolute atomic E-state index is 0. The highest BCUT2D eigenvalue weighted by molar-refractivity contribution is 7.89. The van der Waals surface area contributed by atoms with E-state index < -0.39 is 10.0 Å². The average molecular weight is 377 g/mol. The number of hydrogen-bond donors (Lipinski definition) is 3. The summed E-state index contributed by atoms with van der Waals surface area (Å²) in [5, 5.41) is 3.16. The van der Waals surface area contributed by atoms with E-state index >= 15 is 0 Å². The Labute approximate surface area is 157 Å². The summed E-state index contributed by atoms with van der Waals surface area (Å²) >= 11 is 0. The van der Waals surface area contributed by atoms with Gasteiger partial charge in [0.25, 0.3) is 0 Å². The monoisotopic (exact) mass is 376 g/mol. The van der Waals surface area contributed by atoms with Gasteiger partial charge in [-0.1, -0.05) is 36.4 Å². The predicted octanol–water partition coefficient (Wildman–Crippen LogP) is 2.81. The maximum Gasteiger partial charge on any atom is 0.213 e. The van der Waals surface area contributed by atoms with Gasteiger partial charge in [-0.25, -0.2) is 13.1 Å². The number of sulfonamides is 1. The van der Waals surface area contributed by atoms with E-state index in [0.29, 0.717) is 5.70 Å². The highest BCUT2D eigenvalue weighted by atomic mass is 32.2. The summed E-state index contributed by atoms with van der Waals surface area (Å²) in [6.45, 7) is 0.274. The maximum atomic E-state index is 11.6. The Balaban J connectivity index is 0.00000364. The first-order chi connectivity index (χ1) is 12.5. The van der Waals surface area contributed by atoms with Gasteiger partial charge < -0.3 is 11.1 Å². The van der Waals surface area contributed by atoms with Crippen LogP contribution in [0.4, 0.5) is 5.69 Å². The van der Waals surface area contributed by atoms with Crippen LogP contribution in [0.1, 0.15) is 8.42 Å². The maximum absolute atomic E-state index is 11.6. The number of anilines is 1. The van der Waals surface area contributed by atoms with E-state index in [2.05, 4.69) is 15.0 Å². The standard InChI is InChI=1S/C19H24N4O2S.2H2/c1-21-11-10-18(20)17-14-16(15-6-4-3-5-7-15)8-9-19(17)23-12-13-26(24,25)22-2;;/h3-11,14,22-23H,12-13,20H2,1-2H3;2*1H/b18-10-,21-11?;;. The molecule has 0 saturated carbocycles. The van der Waals surface area contributed by atoms with Crippen LogP contribution in [0.15, 0.2) is 59.6 Å². The Kier molecular flexibility index (Phi) is 6.94. The summed E-state index contributed by atoms with van der Waals surface area (Å²) in [7, 11) is -0.192. The minimum atomic E-state index is -3.27. The number of nitrogens with two attached hydrogens (primary N) is 1. The molecule has 0 amide bonds. The van der Waals surface area contributed by atoms with Crippen LogP contribution in [-0.4, -0.2) is 41.0 Å². The van der Waals surface area contributed by atoms with Gasteiger partial charge in [0.2, 0.25) is 10.0 Å². The number of rotatable bonds is 8. The van der Waals surface area contributed by atoms with Crippen molar-refractivity contribution >= 4 is 27.6 Å². The van der Waals surface area contributed by atoms with Gasteiger partial charge in [-0.15, -0.1) is 0 Å². The van der Waals surface area contributed by atoms with Gasteiger partial charge in [0, 0.05) is 39.6 Å². The molecule has 6 nitrogen and oxygen atoms in total. The molecule has 4 N–H and O–H groups in total. The lowest BCUT2D eigenvalue weighted by Crippen LogP contribution is -2.26. The molecule has 142 valence electrons. The third kappa shape index (κ3) is 5.44. The Morgan fingerprint density at radius 1 is 1.19 bits per heavy atom. The van der Waals surface area contributed by atoms with Crippen LogP contribution in [0.25, 0.3) is 16.8 Å². The third-order valence-electron chi connectivity index (χ3n) is 3.84. The predicted molar refractivity (Wildman–Crippen MR) is 114 cm³/mol. The smallest absolute Gasteiger partial charge is 0.213 e. The molecule has 0 aliphatic carbocycles. The molecule has 0 unspecified atom stereocenters. The Morgan fingerprint density at radius 3 is 2.58 bits per heavy atom. The van der Waals surface area contributed by atoms with Crippen molar-refractivity contribution in [2.45, 2.75) is 0 Å². The molecular formula is C19H28N4O2S. The molecule has 26 heavy (non-hydrogen) atoms. The van der Waals surface area contributed by atoms with Crippen LogP contribution in [0.5, 0.6) is 0 Å². The van der Waals surface area contributed by atoms with Gasteiger partial charge in [-0.2, -0.15) is 0 Å². The molecule has 0 radical (unpaired) electrons. The molecule has 0 aliphatic rings. The fraction of sp³-hybridized carbons (Fsp3) is 0.211. The molecule has 0 saturated heterocycles. The highest BCUT2D eigenvalue weighted by Gasteiger charge is 2.10. The second kappa shape index (κ2) is 9.17. The molecule has 0 aliphatic heterocycles. The van der Waals surface area contributed by atoms with E-state index in [9.17, 15) is 8.42 Å². The van der Waals surface area contributed by atoms with Crippen LogP contribution >= 0.6 is 0 Å². The van der Waals surface area contributed by atoms with E-state index in [0.717, 1.165) is 22.4 Å². The average Bonchev–Trinajstić information content (AvgIpc) is 2.67. The molecular weight excluding hydrogens is 348 g/mol.